The van der Waals surface area contributed by atoms with E-state index in [1.54, 1.807) is 4.90 Å². The minimum Gasteiger partial charge on any atom is -0.461 e. The van der Waals surface area contributed by atoms with Gasteiger partial charge in [0, 0.05) is 35.8 Å². The van der Waals surface area contributed by atoms with E-state index in [0.717, 1.165) is 22.2 Å². The highest BCUT2D eigenvalue weighted by molar-refractivity contribution is 5.89. The maximum absolute atomic E-state index is 12.6. The third-order valence-electron chi connectivity index (χ3n) is 6.03. The zero-order chi connectivity index (χ0) is 22.7. The third kappa shape index (κ3) is 4.66. The van der Waals surface area contributed by atoms with Gasteiger partial charge in [0.25, 0.3) is 0 Å². The molecule has 7 nitrogen and oxygen atoms in total. The highest BCUT2D eigenvalue weighted by atomic mass is 16.5. The second kappa shape index (κ2) is 9.26. The van der Waals surface area contributed by atoms with Crippen molar-refractivity contribution in [1.29, 1.82) is 0 Å². The predicted molar refractivity (Wildman–Crippen MR) is 122 cm³/mol. The molecular weight excluding hydrogens is 408 g/mol. The van der Waals surface area contributed by atoms with Crippen molar-refractivity contribution in [3.63, 3.8) is 0 Å². The molecule has 1 aliphatic rings. The van der Waals surface area contributed by atoms with Gasteiger partial charge in [-0.15, -0.1) is 0 Å². The Balaban J connectivity index is 1.34. The molecule has 1 aliphatic heterocycles. The highest BCUT2D eigenvalue weighted by Crippen LogP contribution is 2.25. The fraction of sp³-hybridized carbons (Fsp3) is 0.320. The normalized spacial score (nSPS) is 14.4. The number of nitrogens with one attached hydrogen (secondary N) is 1. The molecule has 0 unspecified atom stereocenters. The molecule has 0 bridgehead atoms. The summed E-state index contributed by atoms with van der Waals surface area (Å²) in [5.41, 5.74) is 3.36. The number of aryl methyl sites for hydroxylation is 2. The van der Waals surface area contributed by atoms with Gasteiger partial charge < -0.3 is 19.4 Å². The lowest BCUT2D eigenvalue weighted by Crippen LogP contribution is -2.42. The van der Waals surface area contributed by atoms with Crippen LogP contribution in [-0.2, 0) is 16.1 Å². The van der Waals surface area contributed by atoms with Crippen LogP contribution in [0.1, 0.15) is 29.5 Å². The van der Waals surface area contributed by atoms with Crippen LogP contribution in [0, 0.1) is 19.8 Å². The van der Waals surface area contributed by atoms with Gasteiger partial charge in [0.15, 0.2) is 0 Å². The van der Waals surface area contributed by atoms with Crippen molar-refractivity contribution in [3.8, 4) is 0 Å². The average Bonchev–Trinajstić information content (AvgIpc) is 2.80. The molecular formula is C25H26N2O5. The minimum atomic E-state index is -0.463. The SMILES string of the molecule is Cc1ccc2c(COC(=O)C3CCN(C(=O)Nc4ccccc4)CC3)cc(=O)oc2c1C. The lowest BCUT2D eigenvalue weighted by molar-refractivity contribution is -0.151. The van der Waals surface area contributed by atoms with Gasteiger partial charge in [-0.25, -0.2) is 9.59 Å². The molecule has 0 saturated carbocycles. The van der Waals surface area contributed by atoms with Crippen molar-refractivity contribution in [3.05, 3.63) is 75.6 Å². The van der Waals surface area contributed by atoms with Crippen molar-refractivity contribution in [2.75, 3.05) is 18.4 Å². The summed E-state index contributed by atoms with van der Waals surface area (Å²) in [6.07, 6.45) is 1.08. The molecule has 4 rings (SSSR count). The maximum atomic E-state index is 12.6. The summed E-state index contributed by atoms with van der Waals surface area (Å²) in [5.74, 6) is -0.579. The molecule has 7 heteroatoms. The summed E-state index contributed by atoms with van der Waals surface area (Å²) >= 11 is 0. The number of nitrogens with zero attached hydrogens (tertiary/aromatic N) is 1. The van der Waals surface area contributed by atoms with Crippen LogP contribution in [0.15, 0.2) is 57.7 Å². The number of rotatable bonds is 4. The van der Waals surface area contributed by atoms with Gasteiger partial charge in [-0.2, -0.15) is 0 Å². The van der Waals surface area contributed by atoms with Crippen molar-refractivity contribution < 1.29 is 18.7 Å². The van der Waals surface area contributed by atoms with Crippen molar-refractivity contribution in [2.24, 2.45) is 5.92 Å². The van der Waals surface area contributed by atoms with Crippen LogP contribution in [0.5, 0.6) is 0 Å². The zero-order valence-corrected chi connectivity index (χ0v) is 18.2. The number of amides is 2. The van der Waals surface area contributed by atoms with Gasteiger partial charge in [-0.1, -0.05) is 30.3 Å². The Bertz CT molecular complexity index is 1190. The van der Waals surface area contributed by atoms with E-state index < -0.39 is 5.63 Å². The fourth-order valence-corrected chi connectivity index (χ4v) is 3.95. The Morgan fingerprint density at radius 2 is 1.81 bits per heavy atom. The third-order valence-corrected chi connectivity index (χ3v) is 6.03. The number of ether oxygens (including phenoxy) is 1. The van der Waals surface area contributed by atoms with Gasteiger partial charge in [0.1, 0.15) is 12.2 Å². The van der Waals surface area contributed by atoms with Crippen molar-refractivity contribution in [2.45, 2.75) is 33.3 Å². The van der Waals surface area contributed by atoms with Crippen LogP contribution >= 0.6 is 0 Å². The number of esters is 1. The lowest BCUT2D eigenvalue weighted by atomic mass is 9.97. The number of urea groups is 1. The van der Waals surface area contributed by atoms with Gasteiger partial charge in [-0.05, 0) is 49.9 Å². The number of anilines is 1. The fourth-order valence-electron chi connectivity index (χ4n) is 3.95. The van der Waals surface area contributed by atoms with Crippen LogP contribution in [0.2, 0.25) is 0 Å². The van der Waals surface area contributed by atoms with E-state index in [1.165, 1.54) is 6.07 Å². The smallest absolute Gasteiger partial charge is 0.336 e. The topological polar surface area (TPSA) is 88.9 Å². The summed E-state index contributed by atoms with van der Waals surface area (Å²) in [7, 11) is 0. The molecule has 166 valence electrons. The van der Waals surface area contributed by atoms with E-state index >= 15 is 0 Å². The molecule has 0 atom stereocenters. The first-order valence-corrected chi connectivity index (χ1v) is 10.7. The van der Waals surface area contributed by atoms with E-state index in [1.807, 2.05) is 56.3 Å². The van der Waals surface area contributed by atoms with E-state index in [-0.39, 0.29) is 24.5 Å². The van der Waals surface area contributed by atoms with Crippen molar-refractivity contribution in [1.82, 2.24) is 4.90 Å². The average molecular weight is 434 g/mol. The molecule has 2 amide bonds. The van der Waals surface area contributed by atoms with Crippen LogP contribution in [-0.4, -0.2) is 30.0 Å². The standard InChI is InChI=1S/C25H26N2O5/c1-16-8-9-21-19(14-22(28)32-23(21)17(16)2)15-31-24(29)18-10-12-27(13-11-18)25(30)26-20-6-4-3-5-7-20/h3-9,14,18H,10-13,15H2,1-2H3,(H,26,30). The number of carbonyl (C=O) groups excluding carboxylic acids is 2. The number of para-hydroxylation sites is 1. The molecule has 1 saturated heterocycles. The van der Waals surface area contributed by atoms with Gasteiger partial charge in [0.2, 0.25) is 0 Å². The second-order valence-corrected chi connectivity index (χ2v) is 8.14. The molecule has 32 heavy (non-hydrogen) atoms. The molecule has 0 spiro atoms. The zero-order valence-electron chi connectivity index (χ0n) is 18.2. The van der Waals surface area contributed by atoms with Gasteiger partial charge in [-0.3, -0.25) is 4.79 Å². The van der Waals surface area contributed by atoms with Crippen molar-refractivity contribution >= 4 is 28.7 Å². The predicted octanol–water partition coefficient (Wildman–Crippen LogP) is 4.40. The molecule has 0 radical (unpaired) electrons. The first-order chi connectivity index (χ1) is 15.4. The van der Waals surface area contributed by atoms with E-state index in [0.29, 0.717) is 37.1 Å². The summed E-state index contributed by atoms with van der Waals surface area (Å²) < 4.78 is 10.9. The number of likely N-dealkylation sites (tertiary alicyclic amines) is 1. The molecule has 2 aromatic carbocycles. The van der Waals surface area contributed by atoms with Crippen LogP contribution in [0.4, 0.5) is 10.5 Å². The van der Waals surface area contributed by atoms with Gasteiger partial charge in [0.05, 0.1) is 5.92 Å². The number of hydrogen-bond donors (Lipinski definition) is 1. The van der Waals surface area contributed by atoms with Crippen LogP contribution in [0.25, 0.3) is 11.0 Å². The second-order valence-electron chi connectivity index (χ2n) is 8.14. The summed E-state index contributed by atoms with van der Waals surface area (Å²) in [6.45, 7) is 4.83. The van der Waals surface area contributed by atoms with E-state index in [4.69, 9.17) is 9.15 Å². The monoisotopic (exact) mass is 434 g/mol. The summed E-state index contributed by atoms with van der Waals surface area (Å²) in [5, 5.41) is 3.64. The Kier molecular flexibility index (Phi) is 6.25. The first-order valence-electron chi connectivity index (χ1n) is 10.7. The quantitative estimate of drug-likeness (QED) is 0.486. The van der Waals surface area contributed by atoms with Gasteiger partial charge >= 0.3 is 17.6 Å². The van der Waals surface area contributed by atoms with E-state index in [2.05, 4.69) is 5.32 Å². The molecule has 1 aromatic heterocycles. The molecule has 1 fully saturated rings. The Morgan fingerprint density at radius 1 is 1.09 bits per heavy atom. The largest absolute Gasteiger partial charge is 0.461 e. The molecule has 3 aromatic rings. The Labute approximate surface area is 186 Å². The van der Waals surface area contributed by atoms with Crippen LogP contribution < -0.4 is 10.9 Å². The number of fused-ring (bicyclic) bond motifs is 1. The lowest BCUT2D eigenvalue weighted by Gasteiger charge is -2.31. The Morgan fingerprint density at radius 3 is 2.53 bits per heavy atom. The molecule has 1 N–H and O–H groups in total. The number of carbonyl (C=O) groups is 2. The number of hydrogen-bond acceptors (Lipinski definition) is 5. The highest BCUT2D eigenvalue weighted by Gasteiger charge is 2.28. The first kappa shape index (κ1) is 21.6. The molecule has 2 heterocycles. The molecule has 0 aliphatic carbocycles. The number of benzene rings is 2. The maximum Gasteiger partial charge on any atom is 0.336 e. The summed E-state index contributed by atoms with van der Waals surface area (Å²) in [4.78, 5) is 38.8. The van der Waals surface area contributed by atoms with E-state index in [9.17, 15) is 14.4 Å². The van der Waals surface area contributed by atoms with Crippen LogP contribution in [0.3, 0.4) is 0 Å². The Hall–Kier alpha value is -3.61. The summed E-state index contributed by atoms with van der Waals surface area (Å²) in [6, 6.07) is 14.3. The minimum absolute atomic E-state index is 0.0120. The number of piperidine rings is 1.